The van der Waals surface area contributed by atoms with Crippen LogP contribution in [0.1, 0.15) is 47.8 Å². The van der Waals surface area contributed by atoms with E-state index >= 15 is 0 Å². The highest BCUT2D eigenvalue weighted by Crippen LogP contribution is 2.42. The molecule has 5 nitrogen and oxygen atoms in total. The zero-order valence-corrected chi connectivity index (χ0v) is 16.9. The molecule has 1 N–H and O–H groups in total. The van der Waals surface area contributed by atoms with Crippen molar-refractivity contribution in [2.75, 3.05) is 0 Å². The molecule has 0 spiro atoms. The van der Waals surface area contributed by atoms with Crippen LogP contribution < -0.4 is 5.32 Å². The van der Waals surface area contributed by atoms with Gasteiger partial charge in [0.25, 0.3) is 11.8 Å². The van der Waals surface area contributed by atoms with E-state index in [1.54, 1.807) is 11.2 Å². The van der Waals surface area contributed by atoms with E-state index in [0.29, 0.717) is 17.2 Å². The first-order chi connectivity index (χ1) is 13.3. The van der Waals surface area contributed by atoms with Gasteiger partial charge in [-0.2, -0.15) is 0 Å². The Morgan fingerprint density at radius 2 is 1.89 bits per heavy atom. The summed E-state index contributed by atoms with van der Waals surface area (Å²) in [6.07, 6.45) is 1.58. The van der Waals surface area contributed by atoms with Gasteiger partial charge in [-0.3, -0.25) is 9.59 Å². The molecule has 2 amide bonds. The number of hydrogen-bond acceptors (Lipinski definition) is 4. The topological polar surface area (TPSA) is 62.6 Å². The molecule has 0 saturated heterocycles. The van der Waals surface area contributed by atoms with Gasteiger partial charge in [0.15, 0.2) is 6.04 Å². The third kappa shape index (κ3) is 3.36. The molecule has 6 heteroatoms. The molecule has 0 saturated carbocycles. The predicted molar refractivity (Wildman–Crippen MR) is 109 cm³/mol. The van der Waals surface area contributed by atoms with E-state index in [-0.39, 0.29) is 11.8 Å². The summed E-state index contributed by atoms with van der Waals surface area (Å²) in [5, 5.41) is 4.91. The Labute approximate surface area is 168 Å². The molecule has 1 aromatic carbocycles. The molecule has 0 aliphatic carbocycles. The molecule has 0 radical (unpaired) electrons. The quantitative estimate of drug-likeness (QED) is 0.705. The summed E-state index contributed by atoms with van der Waals surface area (Å²) in [7, 11) is 0. The van der Waals surface area contributed by atoms with Crippen LogP contribution in [0.25, 0.3) is 11.1 Å². The van der Waals surface area contributed by atoms with Crippen molar-refractivity contribution < 1.29 is 14.0 Å². The minimum absolute atomic E-state index is 0.158. The molecule has 144 valence electrons. The lowest BCUT2D eigenvalue weighted by Crippen LogP contribution is -2.48. The monoisotopic (exact) mass is 394 g/mol. The lowest BCUT2D eigenvalue weighted by atomic mass is 10.0. The van der Waals surface area contributed by atoms with Crippen LogP contribution in [-0.4, -0.2) is 22.3 Å². The van der Waals surface area contributed by atoms with E-state index in [9.17, 15) is 9.59 Å². The van der Waals surface area contributed by atoms with Gasteiger partial charge in [0, 0.05) is 23.2 Å². The van der Waals surface area contributed by atoms with Crippen LogP contribution in [0.15, 0.2) is 58.5 Å². The normalized spacial score (nSPS) is 16.3. The van der Waals surface area contributed by atoms with E-state index in [4.69, 9.17) is 4.42 Å². The van der Waals surface area contributed by atoms with Crippen LogP contribution in [-0.2, 0) is 11.3 Å². The van der Waals surface area contributed by atoms with E-state index in [1.165, 1.54) is 11.3 Å². The fourth-order valence-electron chi connectivity index (χ4n) is 3.47. The Bertz CT molecular complexity index is 1010. The first kappa shape index (κ1) is 18.5. The van der Waals surface area contributed by atoms with Gasteiger partial charge >= 0.3 is 0 Å². The maximum atomic E-state index is 13.5. The fraction of sp³-hybridized carbons (Fsp3) is 0.273. The highest BCUT2D eigenvalue weighted by molar-refractivity contribution is 7.12. The van der Waals surface area contributed by atoms with Crippen LogP contribution in [0.4, 0.5) is 0 Å². The highest BCUT2D eigenvalue weighted by Gasteiger charge is 2.41. The summed E-state index contributed by atoms with van der Waals surface area (Å²) in [4.78, 5) is 29.0. The molecule has 0 bridgehead atoms. The fourth-order valence-corrected chi connectivity index (χ4v) is 4.34. The van der Waals surface area contributed by atoms with Crippen molar-refractivity contribution >= 4 is 23.2 Å². The molecular formula is C22H22N2O3S. The van der Waals surface area contributed by atoms with Gasteiger partial charge in [0.1, 0.15) is 10.6 Å². The Morgan fingerprint density at radius 1 is 1.14 bits per heavy atom. The average Bonchev–Trinajstić information content (AvgIpc) is 3.27. The molecule has 0 fully saturated rings. The third-order valence-electron chi connectivity index (χ3n) is 4.61. The van der Waals surface area contributed by atoms with E-state index in [2.05, 4.69) is 5.32 Å². The Hall–Kier alpha value is -2.86. The van der Waals surface area contributed by atoms with E-state index in [0.717, 1.165) is 16.7 Å². The maximum Gasteiger partial charge on any atom is 0.265 e. The van der Waals surface area contributed by atoms with Crippen molar-refractivity contribution in [2.45, 2.75) is 38.9 Å². The second kappa shape index (κ2) is 6.95. The summed E-state index contributed by atoms with van der Waals surface area (Å²) >= 11 is 1.39. The van der Waals surface area contributed by atoms with Crippen molar-refractivity contribution in [1.82, 2.24) is 10.2 Å². The third-order valence-corrected chi connectivity index (χ3v) is 5.51. The van der Waals surface area contributed by atoms with Gasteiger partial charge < -0.3 is 14.6 Å². The summed E-state index contributed by atoms with van der Waals surface area (Å²) in [5.41, 5.74) is 2.15. The molecule has 1 unspecified atom stereocenters. The van der Waals surface area contributed by atoms with Gasteiger partial charge in [0.2, 0.25) is 0 Å². The number of carbonyl (C=O) groups excluding carboxylic acids is 2. The molecule has 3 aromatic rings. The zero-order chi connectivity index (χ0) is 19.9. The van der Waals surface area contributed by atoms with Crippen molar-refractivity contribution in [3.8, 4) is 11.1 Å². The van der Waals surface area contributed by atoms with Crippen molar-refractivity contribution in [1.29, 1.82) is 0 Å². The van der Waals surface area contributed by atoms with Crippen LogP contribution in [0.5, 0.6) is 0 Å². The number of rotatable bonds is 3. The summed E-state index contributed by atoms with van der Waals surface area (Å²) in [5.74, 6) is 0.0978. The first-order valence-corrected chi connectivity index (χ1v) is 10.1. The first-order valence-electron chi connectivity index (χ1n) is 9.17. The standard InChI is InChI=1S/C22H22N2O3S/c1-22(2,3)23-20(25)17-18-15(9-11-27-18)16-10-12-28-19(16)21(26)24(17)13-14-7-5-4-6-8-14/h4-12,17H,13H2,1-3H3,(H,23,25). The molecule has 4 rings (SSSR count). The Morgan fingerprint density at radius 3 is 2.61 bits per heavy atom. The molecule has 1 aliphatic rings. The number of thiophene rings is 1. The number of nitrogens with one attached hydrogen (secondary N) is 1. The van der Waals surface area contributed by atoms with Gasteiger partial charge in [-0.25, -0.2) is 0 Å². The van der Waals surface area contributed by atoms with Crippen molar-refractivity contribution in [3.63, 3.8) is 0 Å². The predicted octanol–water partition coefficient (Wildman–Crippen LogP) is 4.62. The van der Waals surface area contributed by atoms with Gasteiger partial charge in [-0.15, -0.1) is 11.3 Å². The number of hydrogen-bond donors (Lipinski definition) is 1. The van der Waals surface area contributed by atoms with Gasteiger partial charge in [-0.1, -0.05) is 30.3 Å². The summed E-state index contributed by atoms with van der Waals surface area (Å²) in [6.45, 7) is 6.08. The Balaban J connectivity index is 1.84. The van der Waals surface area contributed by atoms with Crippen LogP contribution in [0, 0.1) is 0 Å². The van der Waals surface area contributed by atoms with Crippen molar-refractivity contribution in [2.24, 2.45) is 0 Å². The number of furan rings is 1. The number of fused-ring (bicyclic) bond motifs is 3. The second-order valence-corrected chi connectivity index (χ2v) is 8.84. The maximum absolute atomic E-state index is 13.5. The second-order valence-electron chi connectivity index (χ2n) is 7.92. The molecule has 3 heterocycles. The minimum Gasteiger partial charge on any atom is -0.466 e. The van der Waals surface area contributed by atoms with Gasteiger partial charge in [0.05, 0.1) is 6.26 Å². The van der Waals surface area contributed by atoms with Crippen LogP contribution >= 0.6 is 11.3 Å². The van der Waals surface area contributed by atoms with Crippen molar-refractivity contribution in [3.05, 3.63) is 70.3 Å². The van der Waals surface area contributed by atoms with E-state index in [1.807, 2.05) is 68.6 Å². The smallest absolute Gasteiger partial charge is 0.265 e. The molecule has 28 heavy (non-hydrogen) atoms. The zero-order valence-electron chi connectivity index (χ0n) is 16.1. The van der Waals surface area contributed by atoms with Gasteiger partial charge in [-0.05, 0) is 43.8 Å². The number of nitrogens with zero attached hydrogens (tertiary/aromatic N) is 1. The lowest BCUT2D eigenvalue weighted by molar-refractivity contribution is -0.128. The molecular weight excluding hydrogens is 372 g/mol. The van der Waals surface area contributed by atoms with Crippen LogP contribution in [0.2, 0.25) is 0 Å². The lowest BCUT2D eigenvalue weighted by Gasteiger charge is -2.31. The minimum atomic E-state index is -0.837. The average molecular weight is 394 g/mol. The molecule has 2 aromatic heterocycles. The SMILES string of the molecule is CC(C)(C)NC(=O)C1c2occc2-c2ccsc2C(=O)N1Cc1ccccc1. The number of amides is 2. The van der Waals surface area contributed by atoms with Crippen LogP contribution in [0.3, 0.4) is 0 Å². The highest BCUT2D eigenvalue weighted by atomic mass is 32.1. The number of carbonyl (C=O) groups is 2. The summed E-state index contributed by atoms with van der Waals surface area (Å²) < 4.78 is 5.78. The largest absolute Gasteiger partial charge is 0.466 e. The number of benzene rings is 1. The van der Waals surface area contributed by atoms with E-state index < -0.39 is 11.6 Å². The molecule has 1 atom stereocenters. The Kier molecular flexibility index (Phi) is 4.59. The molecule has 1 aliphatic heterocycles. The summed E-state index contributed by atoms with van der Waals surface area (Å²) in [6, 6.07) is 12.6.